The van der Waals surface area contributed by atoms with E-state index in [0.717, 1.165) is 0 Å². The maximum absolute atomic E-state index is 9.85. The average Bonchev–Trinajstić information content (AvgIpc) is 1.67. The number of ether oxygens (including phenoxy) is 1. The highest BCUT2D eigenvalue weighted by molar-refractivity contribution is 6.30. The Hall–Kier alpha value is -0.120. The van der Waals surface area contributed by atoms with E-state index in [1.54, 1.807) is 0 Å². The number of aliphatic hydroxyl groups excluding tert-OH is 1. The number of carbonyl (C=O) groups excluding carboxylic acids is 1. The molecule has 1 atom stereocenters. The molecule has 0 aromatic carbocycles. The van der Waals surface area contributed by atoms with Gasteiger partial charge in [-0.15, -0.1) is 0 Å². The monoisotopic (exact) mass is 138 g/mol. The quantitative estimate of drug-likeness (QED) is 0.342. The predicted octanol–water partition coefficient (Wildman–Crippen LogP) is 0.107. The van der Waals surface area contributed by atoms with Gasteiger partial charge in [-0.25, -0.2) is 0 Å². The van der Waals surface area contributed by atoms with Crippen LogP contribution in [-0.2, 0) is 9.53 Å². The first-order chi connectivity index (χ1) is 3.62. The van der Waals surface area contributed by atoms with Crippen molar-refractivity contribution in [3.05, 3.63) is 0 Å². The van der Waals surface area contributed by atoms with E-state index in [4.69, 9.17) is 16.7 Å². The minimum absolute atomic E-state index is 0.408. The van der Waals surface area contributed by atoms with Crippen molar-refractivity contribution in [1.29, 1.82) is 0 Å². The van der Waals surface area contributed by atoms with Gasteiger partial charge in [0.05, 0.1) is 0 Å². The van der Waals surface area contributed by atoms with Crippen LogP contribution in [0.2, 0.25) is 0 Å². The van der Waals surface area contributed by atoms with E-state index in [9.17, 15) is 4.79 Å². The molecule has 4 heteroatoms. The second-order valence-electron chi connectivity index (χ2n) is 1.38. The minimum Gasteiger partial charge on any atom is -0.371 e. The smallest absolute Gasteiger partial charge is 0.196 e. The predicted molar refractivity (Wildman–Crippen MR) is 28.5 cm³/mol. The normalized spacial score (nSPS) is 17.4. The lowest BCUT2D eigenvalue weighted by Crippen LogP contribution is -2.22. The molecule has 0 aliphatic heterocycles. The standard InChI is InChI=1S/C4H7ClO3/c1-4(5,2-6)8-3-7/h2,7H,3H2,1H3. The van der Waals surface area contributed by atoms with Crippen LogP contribution in [0.4, 0.5) is 0 Å². The van der Waals surface area contributed by atoms with E-state index in [-0.39, 0.29) is 0 Å². The van der Waals surface area contributed by atoms with E-state index < -0.39 is 11.9 Å². The molecule has 1 unspecified atom stereocenters. The molecule has 0 amide bonds. The molecule has 0 aliphatic carbocycles. The lowest BCUT2D eigenvalue weighted by Gasteiger charge is -2.11. The van der Waals surface area contributed by atoms with Gasteiger partial charge >= 0.3 is 0 Å². The first kappa shape index (κ1) is 7.88. The van der Waals surface area contributed by atoms with E-state index in [1.165, 1.54) is 6.92 Å². The van der Waals surface area contributed by atoms with Gasteiger partial charge in [0.25, 0.3) is 0 Å². The SMILES string of the molecule is CC(Cl)(C=O)OCO. The summed E-state index contributed by atoms with van der Waals surface area (Å²) in [5, 5.41) is 6.70. The highest BCUT2D eigenvalue weighted by atomic mass is 35.5. The Morgan fingerprint density at radius 2 is 2.50 bits per heavy atom. The maximum atomic E-state index is 9.85. The molecule has 0 saturated heterocycles. The molecule has 0 fully saturated rings. The lowest BCUT2D eigenvalue weighted by molar-refractivity contribution is -0.128. The number of rotatable bonds is 3. The Morgan fingerprint density at radius 3 is 2.62 bits per heavy atom. The third-order valence-electron chi connectivity index (χ3n) is 0.557. The summed E-state index contributed by atoms with van der Waals surface area (Å²) < 4.78 is 4.33. The fourth-order valence-corrected chi connectivity index (χ4v) is 0.209. The van der Waals surface area contributed by atoms with Crippen molar-refractivity contribution in [1.82, 2.24) is 0 Å². The van der Waals surface area contributed by atoms with Crippen LogP contribution in [0.3, 0.4) is 0 Å². The highest BCUT2D eigenvalue weighted by Gasteiger charge is 2.18. The van der Waals surface area contributed by atoms with Gasteiger partial charge in [-0.1, -0.05) is 11.6 Å². The van der Waals surface area contributed by atoms with Gasteiger partial charge in [-0.2, -0.15) is 0 Å². The molecule has 0 aliphatic rings. The lowest BCUT2D eigenvalue weighted by atomic mass is 10.4. The number of alkyl halides is 1. The van der Waals surface area contributed by atoms with Gasteiger partial charge in [0.15, 0.2) is 11.3 Å². The summed E-state index contributed by atoms with van der Waals surface area (Å²) in [7, 11) is 0. The van der Waals surface area contributed by atoms with Gasteiger partial charge in [0.1, 0.15) is 6.79 Å². The van der Waals surface area contributed by atoms with Crippen molar-refractivity contribution in [2.75, 3.05) is 6.79 Å². The van der Waals surface area contributed by atoms with Gasteiger partial charge in [0.2, 0.25) is 0 Å². The zero-order chi connectivity index (χ0) is 6.62. The number of halogens is 1. The molecule has 3 nitrogen and oxygen atoms in total. The van der Waals surface area contributed by atoms with Crippen molar-refractivity contribution in [3.63, 3.8) is 0 Å². The molecule has 0 heterocycles. The summed E-state index contributed by atoms with van der Waals surface area (Å²) in [6.07, 6.45) is 0.408. The van der Waals surface area contributed by atoms with Gasteiger partial charge in [-0.05, 0) is 6.92 Å². The molecule has 0 rings (SSSR count). The Labute approximate surface area is 52.2 Å². The molecular formula is C4H7ClO3. The summed E-state index contributed by atoms with van der Waals surface area (Å²) in [6, 6.07) is 0. The Balaban J connectivity index is 3.53. The zero-order valence-corrected chi connectivity index (χ0v) is 5.18. The van der Waals surface area contributed by atoms with E-state index in [1.807, 2.05) is 0 Å². The summed E-state index contributed by atoms with van der Waals surface area (Å²) in [5.41, 5.74) is 0. The third kappa shape index (κ3) is 2.96. The molecular weight excluding hydrogens is 131 g/mol. The number of aldehydes is 1. The average molecular weight is 139 g/mol. The second-order valence-corrected chi connectivity index (χ2v) is 2.13. The van der Waals surface area contributed by atoms with Crippen LogP contribution in [-0.4, -0.2) is 23.2 Å². The summed E-state index contributed by atoms with van der Waals surface area (Å²) in [5.74, 6) is 0. The van der Waals surface area contributed by atoms with Crippen LogP contribution in [0.25, 0.3) is 0 Å². The Bertz CT molecular complexity index is 81.4. The Kier molecular flexibility index (Phi) is 2.97. The summed E-state index contributed by atoms with van der Waals surface area (Å²) in [4.78, 5) is 9.85. The number of aliphatic hydroxyl groups is 1. The van der Waals surface area contributed by atoms with E-state index >= 15 is 0 Å². The number of hydrogen-bond donors (Lipinski definition) is 1. The van der Waals surface area contributed by atoms with Crippen LogP contribution in [0.1, 0.15) is 6.92 Å². The van der Waals surface area contributed by atoms with Crippen LogP contribution in [0, 0.1) is 0 Å². The van der Waals surface area contributed by atoms with E-state index in [0.29, 0.717) is 6.29 Å². The van der Waals surface area contributed by atoms with Crippen LogP contribution in [0.15, 0.2) is 0 Å². The molecule has 0 radical (unpaired) electrons. The van der Waals surface area contributed by atoms with Crippen molar-refractivity contribution < 1.29 is 14.6 Å². The Morgan fingerprint density at radius 1 is 2.00 bits per heavy atom. The first-order valence-electron chi connectivity index (χ1n) is 2.02. The highest BCUT2D eigenvalue weighted by Crippen LogP contribution is 2.10. The van der Waals surface area contributed by atoms with E-state index in [2.05, 4.69) is 4.74 Å². The molecule has 8 heavy (non-hydrogen) atoms. The van der Waals surface area contributed by atoms with Gasteiger partial charge in [-0.3, -0.25) is 4.79 Å². The molecule has 0 aromatic rings. The molecule has 0 aromatic heterocycles. The summed E-state index contributed by atoms with van der Waals surface area (Å²) >= 11 is 5.27. The van der Waals surface area contributed by atoms with Gasteiger partial charge in [0, 0.05) is 0 Å². The van der Waals surface area contributed by atoms with Crippen LogP contribution in [0.5, 0.6) is 0 Å². The second kappa shape index (κ2) is 3.02. The van der Waals surface area contributed by atoms with Crippen molar-refractivity contribution >= 4 is 17.9 Å². The summed E-state index contributed by atoms with van der Waals surface area (Å²) in [6.45, 7) is 0.802. The largest absolute Gasteiger partial charge is 0.371 e. The van der Waals surface area contributed by atoms with Crippen LogP contribution >= 0.6 is 11.6 Å². The van der Waals surface area contributed by atoms with Crippen molar-refractivity contribution in [3.8, 4) is 0 Å². The topological polar surface area (TPSA) is 46.5 Å². The van der Waals surface area contributed by atoms with Crippen molar-refractivity contribution in [2.24, 2.45) is 0 Å². The molecule has 0 saturated carbocycles. The minimum atomic E-state index is -1.37. The van der Waals surface area contributed by atoms with Crippen molar-refractivity contribution in [2.45, 2.75) is 12.0 Å². The fraction of sp³-hybridized carbons (Fsp3) is 0.750. The first-order valence-corrected chi connectivity index (χ1v) is 2.40. The molecule has 48 valence electrons. The number of hydrogen-bond acceptors (Lipinski definition) is 3. The molecule has 0 spiro atoms. The zero-order valence-electron chi connectivity index (χ0n) is 4.43. The van der Waals surface area contributed by atoms with Gasteiger partial charge < -0.3 is 9.84 Å². The fourth-order valence-electron chi connectivity index (χ4n) is 0.160. The molecule has 1 N–H and O–H groups in total. The number of carbonyl (C=O) groups is 1. The molecule has 0 bridgehead atoms. The van der Waals surface area contributed by atoms with Crippen LogP contribution < -0.4 is 0 Å². The maximum Gasteiger partial charge on any atom is 0.196 e. The third-order valence-corrected chi connectivity index (χ3v) is 0.755.